The SMILES string of the molecule is CCc1nc2ccc(Br)cc2c(=O)n1N=Cc1cc(Cl)c(OCc2cccc(C(=O)O)c2)c(Br)c1. The van der Waals surface area contributed by atoms with Crippen LogP contribution in [0, 0.1) is 0 Å². The van der Waals surface area contributed by atoms with Gasteiger partial charge in [-0.15, -0.1) is 0 Å². The van der Waals surface area contributed by atoms with Gasteiger partial charge in [-0.05, 0) is 69.5 Å². The Morgan fingerprint density at radius 2 is 2.00 bits per heavy atom. The average molecular weight is 620 g/mol. The molecule has 4 rings (SSSR count). The number of ether oxygens (including phenoxy) is 1. The molecule has 0 aliphatic carbocycles. The van der Waals surface area contributed by atoms with Gasteiger partial charge in [0.2, 0.25) is 0 Å². The van der Waals surface area contributed by atoms with E-state index in [9.17, 15) is 9.59 Å². The number of nitrogens with zero attached hydrogens (tertiary/aromatic N) is 3. The van der Waals surface area contributed by atoms with Gasteiger partial charge in [-0.1, -0.05) is 46.6 Å². The molecule has 0 unspecified atom stereocenters. The Morgan fingerprint density at radius 3 is 2.71 bits per heavy atom. The summed E-state index contributed by atoms with van der Waals surface area (Å²) in [5.41, 5.74) is 1.87. The summed E-state index contributed by atoms with van der Waals surface area (Å²) in [4.78, 5) is 28.8. The lowest BCUT2D eigenvalue weighted by atomic mass is 10.1. The topological polar surface area (TPSA) is 93.8 Å². The lowest BCUT2D eigenvalue weighted by molar-refractivity contribution is 0.0696. The average Bonchev–Trinajstić information content (AvgIpc) is 2.83. The van der Waals surface area contributed by atoms with Crippen LogP contribution in [0.3, 0.4) is 0 Å². The van der Waals surface area contributed by atoms with Gasteiger partial charge in [0.15, 0.2) is 5.75 Å². The van der Waals surface area contributed by atoms with Crippen LogP contribution in [0.2, 0.25) is 5.02 Å². The Kier molecular flexibility index (Phi) is 7.69. The molecule has 0 saturated heterocycles. The molecule has 1 N–H and O–H groups in total. The molecular weight excluding hydrogens is 602 g/mol. The van der Waals surface area contributed by atoms with Gasteiger partial charge in [0.1, 0.15) is 12.4 Å². The van der Waals surface area contributed by atoms with E-state index in [1.165, 1.54) is 17.0 Å². The zero-order chi connectivity index (χ0) is 25.1. The van der Waals surface area contributed by atoms with Gasteiger partial charge in [-0.2, -0.15) is 9.78 Å². The van der Waals surface area contributed by atoms with Crippen molar-refractivity contribution in [1.29, 1.82) is 0 Å². The second-order valence-corrected chi connectivity index (χ2v) is 9.69. The van der Waals surface area contributed by atoms with Gasteiger partial charge in [0.25, 0.3) is 5.56 Å². The quantitative estimate of drug-likeness (QED) is 0.245. The van der Waals surface area contributed by atoms with Gasteiger partial charge in [0, 0.05) is 10.9 Å². The number of rotatable bonds is 7. The Hall–Kier alpha value is -3.01. The van der Waals surface area contributed by atoms with E-state index in [4.69, 9.17) is 21.4 Å². The monoisotopic (exact) mass is 617 g/mol. The first-order chi connectivity index (χ1) is 16.8. The minimum atomic E-state index is -1.01. The maximum Gasteiger partial charge on any atom is 0.335 e. The van der Waals surface area contributed by atoms with Gasteiger partial charge in [-0.3, -0.25) is 4.79 Å². The number of carboxylic acid groups (broad SMARTS) is 1. The number of fused-ring (bicyclic) bond motifs is 1. The fourth-order valence-corrected chi connectivity index (χ4v) is 4.76. The summed E-state index contributed by atoms with van der Waals surface area (Å²) in [6.45, 7) is 2.05. The number of carboxylic acids is 1. The smallest absolute Gasteiger partial charge is 0.335 e. The molecule has 3 aromatic carbocycles. The molecule has 35 heavy (non-hydrogen) atoms. The van der Waals surface area contributed by atoms with Crippen molar-refractivity contribution in [3.05, 3.63) is 101 Å². The van der Waals surface area contributed by atoms with Crippen LogP contribution in [0.25, 0.3) is 10.9 Å². The summed E-state index contributed by atoms with van der Waals surface area (Å²) < 4.78 is 8.49. The van der Waals surface area contributed by atoms with Crippen molar-refractivity contribution >= 4 is 66.5 Å². The summed E-state index contributed by atoms with van der Waals surface area (Å²) in [7, 11) is 0. The molecule has 1 aromatic heterocycles. The van der Waals surface area contributed by atoms with Crippen LogP contribution in [0.15, 0.2) is 73.4 Å². The molecule has 4 aromatic rings. The van der Waals surface area contributed by atoms with Gasteiger partial charge < -0.3 is 9.84 Å². The second kappa shape index (κ2) is 10.7. The third-order valence-electron chi connectivity index (χ3n) is 5.09. The highest BCUT2D eigenvalue weighted by Crippen LogP contribution is 2.34. The van der Waals surface area contributed by atoms with Crippen molar-refractivity contribution in [1.82, 2.24) is 9.66 Å². The summed E-state index contributed by atoms with van der Waals surface area (Å²) in [5, 5.41) is 14.3. The van der Waals surface area contributed by atoms with Crippen LogP contribution in [-0.4, -0.2) is 27.0 Å². The predicted molar refractivity (Wildman–Crippen MR) is 143 cm³/mol. The van der Waals surface area contributed by atoms with E-state index in [0.29, 0.717) is 49.5 Å². The summed E-state index contributed by atoms with van der Waals surface area (Å²) in [6.07, 6.45) is 2.06. The Morgan fingerprint density at radius 1 is 1.20 bits per heavy atom. The predicted octanol–water partition coefficient (Wildman–Crippen LogP) is 6.30. The van der Waals surface area contributed by atoms with E-state index in [1.54, 1.807) is 42.5 Å². The van der Waals surface area contributed by atoms with Gasteiger partial charge >= 0.3 is 5.97 Å². The van der Waals surface area contributed by atoms with Crippen LogP contribution in [0.4, 0.5) is 0 Å². The van der Waals surface area contributed by atoms with E-state index in [-0.39, 0.29) is 17.7 Å². The van der Waals surface area contributed by atoms with Crippen LogP contribution < -0.4 is 10.3 Å². The number of aryl methyl sites for hydroxylation is 1. The first-order valence-electron chi connectivity index (χ1n) is 10.5. The van der Waals surface area contributed by atoms with Crippen LogP contribution in [0.1, 0.15) is 34.2 Å². The van der Waals surface area contributed by atoms with Crippen molar-refractivity contribution in [2.75, 3.05) is 0 Å². The standard InChI is InChI=1S/C25H18Br2ClN3O4/c1-2-22-30-21-7-6-17(26)11-18(21)24(32)31(22)29-12-15-9-19(27)23(20(28)10-15)35-13-14-4-3-5-16(8-14)25(33)34/h3-12H,2,13H2,1H3,(H,33,34). The molecule has 0 bridgehead atoms. The maximum absolute atomic E-state index is 13.1. The van der Waals surface area contributed by atoms with Crippen molar-refractivity contribution in [3.63, 3.8) is 0 Å². The van der Waals surface area contributed by atoms with Crippen LogP contribution >= 0.6 is 43.5 Å². The molecule has 0 aliphatic heterocycles. The number of hydrogen-bond acceptors (Lipinski definition) is 5. The number of benzene rings is 3. The Balaban J connectivity index is 1.61. The molecule has 10 heteroatoms. The lowest BCUT2D eigenvalue weighted by Gasteiger charge is -2.12. The maximum atomic E-state index is 13.1. The Bertz CT molecular complexity index is 1510. The fraction of sp³-hybridized carbons (Fsp3) is 0.120. The van der Waals surface area contributed by atoms with Gasteiger partial charge in [-0.25, -0.2) is 9.78 Å². The highest BCUT2D eigenvalue weighted by atomic mass is 79.9. The molecule has 1 heterocycles. The molecule has 0 saturated carbocycles. The molecule has 0 amide bonds. The molecular formula is C25H18Br2ClN3O4. The number of carbonyl (C=O) groups is 1. The number of halogens is 3. The number of aromatic carboxylic acids is 1. The molecule has 0 aliphatic rings. The van der Waals surface area contributed by atoms with E-state index in [1.807, 2.05) is 13.0 Å². The molecule has 0 spiro atoms. The first kappa shape index (κ1) is 25.1. The minimum absolute atomic E-state index is 0.139. The Labute approximate surface area is 222 Å². The van der Waals surface area contributed by atoms with Crippen molar-refractivity contribution in [2.45, 2.75) is 20.0 Å². The van der Waals surface area contributed by atoms with E-state index >= 15 is 0 Å². The lowest BCUT2D eigenvalue weighted by Crippen LogP contribution is -2.22. The molecule has 178 valence electrons. The first-order valence-corrected chi connectivity index (χ1v) is 12.4. The zero-order valence-corrected chi connectivity index (χ0v) is 22.3. The fourth-order valence-electron chi connectivity index (χ4n) is 3.41. The van der Waals surface area contributed by atoms with E-state index in [0.717, 1.165) is 4.47 Å². The molecule has 0 atom stereocenters. The number of aromatic nitrogens is 2. The highest BCUT2D eigenvalue weighted by Gasteiger charge is 2.12. The van der Waals surface area contributed by atoms with Crippen molar-refractivity contribution in [2.24, 2.45) is 5.10 Å². The third-order valence-corrected chi connectivity index (χ3v) is 6.45. The summed E-state index contributed by atoms with van der Waals surface area (Å²) in [6, 6.07) is 15.3. The van der Waals surface area contributed by atoms with Crippen molar-refractivity contribution in [3.8, 4) is 5.75 Å². The minimum Gasteiger partial charge on any atom is -0.486 e. The second-order valence-electron chi connectivity index (χ2n) is 7.51. The number of hydrogen-bond donors (Lipinski definition) is 1. The van der Waals surface area contributed by atoms with E-state index < -0.39 is 5.97 Å². The van der Waals surface area contributed by atoms with Crippen LogP contribution in [0.5, 0.6) is 5.75 Å². The summed E-state index contributed by atoms with van der Waals surface area (Å²) in [5.74, 6) is -0.0581. The van der Waals surface area contributed by atoms with E-state index in [2.05, 4.69) is 41.9 Å². The third kappa shape index (κ3) is 5.63. The molecule has 0 fully saturated rings. The zero-order valence-electron chi connectivity index (χ0n) is 18.3. The van der Waals surface area contributed by atoms with Crippen molar-refractivity contribution < 1.29 is 14.6 Å². The summed E-state index contributed by atoms with van der Waals surface area (Å²) >= 11 is 13.3. The van der Waals surface area contributed by atoms with Crippen LogP contribution in [-0.2, 0) is 13.0 Å². The largest absolute Gasteiger partial charge is 0.486 e. The molecule has 7 nitrogen and oxygen atoms in total. The molecule has 0 radical (unpaired) electrons. The van der Waals surface area contributed by atoms with Gasteiger partial charge in [0.05, 0.1) is 32.2 Å². The highest BCUT2D eigenvalue weighted by molar-refractivity contribution is 9.10. The normalized spacial score (nSPS) is 11.3.